The molecule has 3 aromatic rings. The zero-order chi connectivity index (χ0) is 21.8. The van der Waals surface area contributed by atoms with Crippen LogP contribution in [0.2, 0.25) is 0 Å². The number of benzene rings is 1. The van der Waals surface area contributed by atoms with Crippen molar-refractivity contribution in [3.05, 3.63) is 79.9 Å². The topological polar surface area (TPSA) is 132 Å². The number of nitrogens with one attached hydrogen (secondary N) is 1. The average Bonchev–Trinajstić information content (AvgIpc) is 3.05. The number of nitro groups is 1. The number of carbonyl (C=O) groups is 1. The molecule has 0 bridgehead atoms. The Kier molecular flexibility index (Phi) is 5.86. The number of aryl methyl sites for hydroxylation is 1. The molecule has 2 aromatic heterocycles. The van der Waals surface area contributed by atoms with Crippen molar-refractivity contribution in [2.45, 2.75) is 20.3 Å². The van der Waals surface area contributed by atoms with Crippen molar-refractivity contribution in [2.75, 3.05) is 7.11 Å². The van der Waals surface area contributed by atoms with Gasteiger partial charge in [-0.1, -0.05) is 6.07 Å². The standard InChI is InChI=1S/C20H19N5O5/c1-12-5-4-10-21-19(12)22-13(2)18-16(11-17(26)30-3)23-24(20(18)27)14-6-8-15(9-7-14)25(28)29/h4-10,23H,11H2,1-3H3/b22-13+. The SMILES string of the molecule is COC(=O)Cc1[nH]n(-c2ccc([N+](=O)[O-])cc2)c(=O)c1/C(C)=N/c1ncccc1C. The summed E-state index contributed by atoms with van der Waals surface area (Å²) in [6.07, 6.45) is 1.43. The first kappa shape index (κ1) is 20.6. The van der Waals surface area contributed by atoms with Crippen molar-refractivity contribution in [2.24, 2.45) is 4.99 Å². The third-order valence-corrected chi connectivity index (χ3v) is 4.45. The molecule has 0 aliphatic rings. The van der Waals surface area contributed by atoms with Crippen molar-refractivity contribution >= 4 is 23.2 Å². The predicted octanol–water partition coefficient (Wildman–Crippen LogP) is 2.63. The van der Waals surface area contributed by atoms with Crippen molar-refractivity contribution in [3.63, 3.8) is 0 Å². The lowest BCUT2D eigenvalue weighted by molar-refractivity contribution is -0.384. The Hall–Kier alpha value is -4.08. The highest BCUT2D eigenvalue weighted by Gasteiger charge is 2.21. The maximum Gasteiger partial charge on any atom is 0.311 e. The van der Waals surface area contributed by atoms with Crippen LogP contribution in [0.1, 0.15) is 23.7 Å². The van der Waals surface area contributed by atoms with Gasteiger partial charge in [0.15, 0.2) is 5.82 Å². The number of esters is 1. The molecule has 3 rings (SSSR count). The Labute approximate surface area is 171 Å². The van der Waals surface area contributed by atoms with Crippen LogP contribution in [0.5, 0.6) is 0 Å². The first-order valence-corrected chi connectivity index (χ1v) is 8.94. The number of ether oxygens (including phenoxy) is 1. The fourth-order valence-electron chi connectivity index (χ4n) is 2.91. The van der Waals surface area contributed by atoms with Gasteiger partial charge in [-0.25, -0.2) is 14.7 Å². The van der Waals surface area contributed by atoms with E-state index < -0.39 is 16.5 Å². The molecule has 0 radical (unpaired) electrons. The summed E-state index contributed by atoms with van der Waals surface area (Å²) in [5.41, 5.74) is 1.57. The van der Waals surface area contributed by atoms with E-state index in [2.05, 4.69) is 15.1 Å². The van der Waals surface area contributed by atoms with Crippen molar-refractivity contribution in [1.82, 2.24) is 14.8 Å². The number of carbonyl (C=O) groups excluding carboxylic acids is 1. The number of nitro benzene ring substituents is 1. The van der Waals surface area contributed by atoms with Gasteiger partial charge in [0, 0.05) is 18.3 Å². The molecule has 0 atom stereocenters. The highest BCUT2D eigenvalue weighted by Crippen LogP contribution is 2.18. The molecule has 10 nitrogen and oxygen atoms in total. The molecular formula is C20H19N5O5. The van der Waals surface area contributed by atoms with E-state index in [4.69, 9.17) is 4.74 Å². The maximum atomic E-state index is 13.1. The number of rotatable bonds is 6. The lowest BCUT2D eigenvalue weighted by Gasteiger charge is -2.03. The maximum absolute atomic E-state index is 13.1. The van der Waals surface area contributed by atoms with Crippen molar-refractivity contribution < 1.29 is 14.5 Å². The largest absolute Gasteiger partial charge is 0.469 e. The lowest BCUT2D eigenvalue weighted by atomic mass is 10.1. The van der Waals surface area contributed by atoms with Crippen LogP contribution < -0.4 is 5.56 Å². The summed E-state index contributed by atoms with van der Waals surface area (Å²) in [6.45, 7) is 3.50. The summed E-state index contributed by atoms with van der Waals surface area (Å²) in [5.74, 6) is -0.0725. The van der Waals surface area contributed by atoms with Crippen LogP contribution >= 0.6 is 0 Å². The van der Waals surface area contributed by atoms with Crippen LogP contribution in [0.25, 0.3) is 5.69 Å². The summed E-state index contributed by atoms with van der Waals surface area (Å²) in [6, 6.07) is 9.10. The van der Waals surface area contributed by atoms with Crippen LogP contribution in [-0.4, -0.2) is 38.5 Å². The number of aromatic amines is 1. The van der Waals surface area contributed by atoms with E-state index in [9.17, 15) is 19.7 Å². The van der Waals surface area contributed by atoms with Crippen LogP contribution in [0.4, 0.5) is 11.5 Å². The summed E-state index contributed by atoms with van der Waals surface area (Å²) < 4.78 is 5.94. The molecule has 154 valence electrons. The van der Waals surface area contributed by atoms with Crippen molar-refractivity contribution in [1.29, 1.82) is 0 Å². The molecule has 0 saturated carbocycles. The molecule has 0 aliphatic carbocycles. The number of pyridine rings is 1. The summed E-state index contributed by atoms with van der Waals surface area (Å²) in [7, 11) is 1.26. The summed E-state index contributed by atoms with van der Waals surface area (Å²) in [4.78, 5) is 44.0. The fourth-order valence-corrected chi connectivity index (χ4v) is 2.91. The van der Waals surface area contributed by atoms with E-state index in [0.29, 0.717) is 22.9 Å². The molecule has 0 aliphatic heterocycles. The molecule has 0 amide bonds. The van der Waals surface area contributed by atoms with Crippen LogP contribution in [0, 0.1) is 17.0 Å². The molecule has 1 aromatic carbocycles. The fraction of sp³-hybridized carbons (Fsp3) is 0.200. The molecule has 0 fully saturated rings. The monoisotopic (exact) mass is 409 g/mol. The Bertz CT molecular complexity index is 1190. The van der Waals surface area contributed by atoms with E-state index in [-0.39, 0.29) is 17.7 Å². The van der Waals surface area contributed by atoms with Gasteiger partial charge in [0.2, 0.25) is 0 Å². The number of aromatic nitrogens is 3. The van der Waals surface area contributed by atoms with E-state index in [0.717, 1.165) is 5.56 Å². The average molecular weight is 409 g/mol. The van der Waals surface area contributed by atoms with Crippen LogP contribution in [0.15, 0.2) is 52.4 Å². The van der Waals surface area contributed by atoms with E-state index in [1.54, 1.807) is 19.2 Å². The Balaban J connectivity index is 2.13. The molecule has 30 heavy (non-hydrogen) atoms. The molecular weight excluding hydrogens is 390 g/mol. The zero-order valence-electron chi connectivity index (χ0n) is 16.6. The van der Waals surface area contributed by atoms with Gasteiger partial charge in [0.25, 0.3) is 11.2 Å². The highest BCUT2D eigenvalue weighted by atomic mass is 16.6. The Morgan fingerprint density at radius 3 is 2.60 bits per heavy atom. The van der Waals surface area contributed by atoms with Gasteiger partial charge in [-0.3, -0.25) is 24.8 Å². The first-order valence-electron chi connectivity index (χ1n) is 8.94. The van der Waals surface area contributed by atoms with Crippen molar-refractivity contribution in [3.8, 4) is 5.69 Å². The predicted molar refractivity (Wildman–Crippen MR) is 110 cm³/mol. The normalized spacial score (nSPS) is 11.4. The van der Waals surface area contributed by atoms with E-state index in [1.165, 1.54) is 36.1 Å². The van der Waals surface area contributed by atoms with Crippen LogP contribution in [-0.2, 0) is 16.0 Å². The second-order valence-corrected chi connectivity index (χ2v) is 6.47. The smallest absolute Gasteiger partial charge is 0.311 e. The highest BCUT2D eigenvalue weighted by molar-refractivity contribution is 6.01. The number of nitrogens with zero attached hydrogens (tertiary/aromatic N) is 4. The molecule has 10 heteroatoms. The molecule has 0 saturated heterocycles. The van der Waals surface area contributed by atoms with Gasteiger partial charge < -0.3 is 4.74 Å². The van der Waals surface area contributed by atoms with Gasteiger partial charge in [-0.15, -0.1) is 0 Å². The number of H-pyrrole nitrogens is 1. The third kappa shape index (κ3) is 4.17. The summed E-state index contributed by atoms with van der Waals surface area (Å²) in [5, 5.41) is 13.8. The summed E-state index contributed by atoms with van der Waals surface area (Å²) >= 11 is 0. The van der Waals surface area contributed by atoms with E-state index >= 15 is 0 Å². The molecule has 1 N–H and O–H groups in total. The first-order chi connectivity index (χ1) is 14.3. The number of non-ortho nitro benzene ring substituents is 1. The Morgan fingerprint density at radius 1 is 1.30 bits per heavy atom. The van der Waals surface area contributed by atoms with E-state index in [1.807, 2.05) is 13.0 Å². The molecule has 2 heterocycles. The third-order valence-electron chi connectivity index (χ3n) is 4.45. The second-order valence-electron chi connectivity index (χ2n) is 6.47. The lowest BCUT2D eigenvalue weighted by Crippen LogP contribution is -2.20. The Morgan fingerprint density at radius 2 is 2.00 bits per heavy atom. The quantitative estimate of drug-likeness (QED) is 0.288. The van der Waals surface area contributed by atoms with Gasteiger partial charge in [-0.2, -0.15) is 0 Å². The minimum atomic E-state index is -0.532. The minimum Gasteiger partial charge on any atom is -0.469 e. The number of hydrogen-bond donors (Lipinski definition) is 1. The van der Waals surface area contributed by atoms with Gasteiger partial charge in [0.05, 0.1) is 41.1 Å². The number of methoxy groups -OCH3 is 1. The minimum absolute atomic E-state index is 0.100. The number of hydrogen-bond acceptors (Lipinski definition) is 7. The zero-order valence-corrected chi connectivity index (χ0v) is 16.6. The van der Waals surface area contributed by atoms with Gasteiger partial charge in [-0.05, 0) is 37.6 Å². The second kappa shape index (κ2) is 8.52. The molecule has 0 unspecified atom stereocenters. The van der Waals surface area contributed by atoms with Gasteiger partial charge >= 0.3 is 5.97 Å². The number of aliphatic imine (C=N–C) groups is 1. The van der Waals surface area contributed by atoms with Crippen LogP contribution in [0.3, 0.4) is 0 Å². The molecule has 0 spiro atoms. The van der Waals surface area contributed by atoms with Gasteiger partial charge in [0.1, 0.15) is 0 Å².